The van der Waals surface area contributed by atoms with Gasteiger partial charge >= 0.3 is 12.1 Å². The molecule has 1 aliphatic heterocycles. The van der Waals surface area contributed by atoms with E-state index >= 15 is 19.2 Å². The Labute approximate surface area is 646 Å². The maximum atomic E-state index is 15.3. The number of nitrogens with one attached hydrogen (secondary N) is 8. The number of nitrogens with zero attached hydrogens (tertiary/aromatic N) is 4. The number of ether oxygens (including phenoxy) is 1. The zero-order chi connectivity index (χ0) is 80.5. The number of amides is 12. The van der Waals surface area contributed by atoms with Crippen molar-refractivity contribution in [1.82, 2.24) is 62.1 Å². The van der Waals surface area contributed by atoms with Gasteiger partial charge in [0.2, 0.25) is 59.1 Å². The van der Waals surface area contributed by atoms with Crippen molar-refractivity contribution in [1.29, 1.82) is 0 Å². The first-order chi connectivity index (χ1) is 49.9. The molecule has 1 heterocycles. The number of hydrogen-bond donors (Lipinski definition) is 11. The average Bonchev–Trinajstić information content (AvgIpc) is 0.826. The second-order valence-corrected chi connectivity index (χ2v) is 37.4. The van der Waals surface area contributed by atoms with Crippen LogP contribution in [0.4, 0.5) is 4.79 Å². The van der Waals surface area contributed by atoms with Crippen LogP contribution in [0, 0.1) is 11.8 Å². The van der Waals surface area contributed by atoms with E-state index in [9.17, 15) is 48.3 Å². The minimum Gasteiger partial charge on any atom is -0.465 e. The fourth-order valence-electron chi connectivity index (χ4n) is 11.5. The predicted octanol–water partition coefficient (Wildman–Crippen LogP) is 5.78. The van der Waals surface area contributed by atoms with E-state index in [0.717, 1.165) is 9.80 Å². The van der Waals surface area contributed by atoms with Gasteiger partial charge < -0.3 is 72.0 Å². The first kappa shape index (κ1) is 91.4. The minimum absolute atomic E-state index is 0.00289. The van der Waals surface area contributed by atoms with Crippen LogP contribution in [0.15, 0.2) is 91.0 Å². The Morgan fingerprint density at radius 3 is 1.47 bits per heavy atom. The van der Waals surface area contributed by atoms with Crippen LogP contribution < -0.4 is 42.5 Å². The Kier molecular flexibility index (Phi) is 36.4. The molecule has 107 heavy (non-hydrogen) atoms. The lowest BCUT2D eigenvalue weighted by Crippen LogP contribution is -2.60. The van der Waals surface area contributed by atoms with Crippen LogP contribution in [0.1, 0.15) is 146 Å². The van der Waals surface area contributed by atoms with Crippen molar-refractivity contribution in [2.75, 3.05) is 46.2 Å². The van der Waals surface area contributed by atoms with Gasteiger partial charge in [0, 0.05) is 75.0 Å². The molecule has 4 rings (SSSR count). The molecule has 3 aromatic rings. The van der Waals surface area contributed by atoms with Crippen LogP contribution in [0.25, 0.3) is 0 Å². The van der Waals surface area contributed by atoms with E-state index in [1.165, 1.54) is 65.7 Å². The van der Waals surface area contributed by atoms with E-state index in [2.05, 4.69) is 54.2 Å². The molecule has 0 aromatic heterocycles. The summed E-state index contributed by atoms with van der Waals surface area (Å²) in [5.41, 5.74) is 1.78. The molecule has 12 atom stereocenters. The van der Waals surface area contributed by atoms with Crippen LogP contribution >= 0.6 is 43.2 Å². The number of benzene rings is 3. The molecule has 2 radical (unpaired) electrons. The second kappa shape index (κ2) is 42.6. The quantitative estimate of drug-likeness (QED) is 0.0261. The Morgan fingerprint density at radius 1 is 0.495 bits per heavy atom. The number of likely N-dealkylation sites (N-methyl/N-ethyl adjacent to an activating group) is 4. The van der Waals surface area contributed by atoms with E-state index in [1.807, 2.05) is 69.2 Å². The second-order valence-electron chi connectivity index (χ2n) is 30.2. The van der Waals surface area contributed by atoms with Gasteiger partial charge in [0.25, 0.3) is 5.91 Å². The molecule has 9 N–H and O–H groups in total. The summed E-state index contributed by atoms with van der Waals surface area (Å²) in [4.78, 5) is 194. The summed E-state index contributed by atoms with van der Waals surface area (Å²) in [6.07, 6.45) is -3.17. The molecule has 1 unspecified atom stereocenters. The van der Waals surface area contributed by atoms with E-state index in [0.29, 0.717) is 16.7 Å². The molecule has 1 aliphatic rings. The van der Waals surface area contributed by atoms with Gasteiger partial charge in [-0.05, 0) is 88.3 Å². The summed E-state index contributed by atoms with van der Waals surface area (Å²) in [6, 6.07) is 11.4. The molecule has 27 nitrogen and oxygen atoms in total. The Morgan fingerprint density at radius 2 is 0.953 bits per heavy atom. The third-order valence-electron chi connectivity index (χ3n) is 18.4. The third kappa shape index (κ3) is 29.1. The third-order valence-corrected chi connectivity index (χ3v) is 26.7. The average molecular weight is 1570 g/mol. The normalized spacial score (nSPS) is 23.8. The van der Waals surface area contributed by atoms with Crippen molar-refractivity contribution in [3.63, 3.8) is 0 Å². The molecule has 31 heteroatoms. The number of hydrogen-bond acceptors (Lipinski definition) is 16. The first-order valence-electron chi connectivity index (χ1n) is 36.2. The lowest BCUT2D eigenvalue weighted by Gasteiger charge is -2.36. The number of unbranched alkanes of at least 4 members (excludes halogenated alkanes) is 1. The molecule has 12 amide bonds. The highest BCUT2D eigenvalue weighted by molar-refractivity contribution is 8.79. The zero-order valence-electron chi connectivity index (χ0n) is 65.2. The highest BCUT2D eigenvalue weighted by Crippen LogP contribution is 2.46. The molecule has 0 saturated carbocycles. The molecular formula is C76H116N12O15S4. The monoisotopic (exact) mass is 1560 g/mol. The Bertz CT molecular complexity index is 3520. The smallest absolute Gasteiger partial charge is 0.405 e. The predicted molar refractivity (Wildman–Crippen MR) is 424 cm³/mol. The lowest BCUT2D eigenvalue weighted by molar-refractivity contribution is -0.157. The van der Waals surface area contributed by atoms with Gasteiger partial charge in [-0.1, -0.05) is 160 Å². The minimum atomic E-state index is -1.68. The fraction of sp³-hybridized carbons (Fsp3) is 0.592. The zero-order valence-corrected chi connectivity index (χ0v) is 68.6. The summed E-state index contributed by atoms with van der Waals surface area (Å²) >= 11 is 9.57. The number of carbonyl (C=O) groups is 13. The molecule has 1 saturated heterocycles. The van der Waals surface area contributed by atoms with Gasteiger partial charge in [-0.3, -0.25) is 52.7 Å². The molecule has 0 spiro atoms. The molecule has 0 bridgehead atoms. The number of carbonyl (C=O) groups excluding carboxylic acids is 12. The molecule has 1 fully saturated rings. The Hall–Kier alpha value is -8.03. The fourth-order valence-corrected chi connectivity index (χ4v) is 14.4. The van der Waals surface area contributed by atoms with Crippen LogP contribution in [0.2, 0.25) is 0 Å². The van der Waals surface area contributed by atoms with Crippen molar-refractivity contribution in [3.05, 3.63) is 108 Å². The number of esters is 1. The summed E-state index contributed by atoms with van der Waals surface area (Å²) in [5.74, 6) is -10.1. The summed E-state index contributed by atoms with van der Waals surface area (Å²) in [5, 5.41) is 31.3. The van der Waals surface area contributed by atoms with E-state index in [1.54, 1.807) is 91.0 Å². The van der Waals surface area contributed by atoms with Crippen LogP contribution in [0.3, 0.4) is 0 Å². The van der Waals surface area contributed by atoms with Crippen molar-refractivity contribution < 1.29 is 72.2 Å². The van der Waals surface area contributed by atoms with Gasteiger partial charge in [-0.25, -0.2) is 9.59 Å². The maximum absolute atomic E-state index is 15.3. The summed E-state index contributed by atoms with van der Waals surface area (Å²) in [6.45, 7) is 24.4. The van der Waals surface area contributed by atoms with Crippen LogP contribution in [-0.2, 0) is 81.5 Å². The summed E-state index contributed by atoms with van der Waals surface area (Å²) in [7, 11) is 3.84. The highest BCUT2D eigenvalue weighted by atomic mass is 33.1. The SMILES string of the molecule is CC(C)C[C@@H]1NC(=O)[C@H](CCCCNC(=O)[C@H](C[S](S)C(C)(C)C)NC(=O)O)NC(=O)[C@H](Cc2ccccc2)NC(=O)C(C[S](S)C(C)(C)C)OC(=O)[C@H](Cc2ccccc2)NC(=O)[C@H](C)NC(=O)[C@H](C)N(C)C(=O)[C@H](Cc2ccccc2)N(C)C(=O)[C@H](C)NC(=O)[C@H](CC(C)C)N(C)C(=O)[C@H](C)N(C)C1=O. The molecule has 594 valence electrons. The number of carboxylic acid groups (broad SMARTS) is 1. The molecule has 0 aliphatic carbocycles. The van der Waals surface area contributed by atoms with Crippen molar-refractivity contribution in [2.45, 2.75) is 230 Å². The van der Waals surface area contributed by atoms with E-state index < -0.39 is 174 Å². The molecular weight excluding hydrogens is 1450 g/mol. The largest absolute Gasteiger partial charge is 0.465 e. The van der Waals surface area contributed by atoms with Crippen molar-refractivity contribution in [2.24, 2.45) is 11.8 Å². The van der Waals surface area contributed by atoms with Gasteiger partial charge in [0.15, 0.2) is 6.10 Å². The lowest BCUT2D eigenvalue weighted by atomic mass is 9.99. The van der Waals surface area contributed by atoms with Crippen LogP contribution in [-0.4, -0.2) is 230 Å². The Balaban J connectivity index is 1.93. The highest BCUT2D eigenvalue weighted by Gasteiger charge is 2.42. The molecule has 3 aromatic carbocycles. The number of cyclic esters (lactones) is 1. The topological polar surface area (TPSA) is 361 Å². The van der Waals surface area contributed by atoms with Gasteiger partial charge in [0.1, 0.15) is 66.5 Å². The van der Waals surface area contributed by atoms with Gasteiger partial charge in [-0.2, -0.15) is 0 Å². The maximum Gasteiger partial charge on any atom is 0.405 e. The van der Waals surface area contributed by atoms with Gasteiger partial charge in [0.05, 0.1) is 0 Å². The number of rotatable bonds is 21. The van der Waals surface area contributed by atoms with Crippen molar-refractivity contribution >= 4 is 120 Å². The first-order valence-corrected chi connectivity index (χ1v) is 41.1. The van der Waals surface area contributed by atoms with E-state index in [4.69, 9.17) is 16.4 Å². The van der Waals surface area contributed by atoms with Gasteiger partial charge in [-0.15, -0.1) is 43.2 Å². The standard InChI is InChI=1S/C76H116N12O15S4/c1-45(2)38-56-71(98)86(16)50(8)70(97)87(17)59(39-46(3)4)67(94)79-48(6)69(96)88(18)60(42-53-34-26-21-27-35-53)72(99)85(15)49(7)63(90)78-47(5)62(89)83-57(41-52-32-24-20-25-33-52)73(100)103-61(44-107(105)76(12,13)14)68(95)81-55(40-51-30-22-19-23-31-51)66(93)80-54(65(92)82-56)36-28-29-37-77-64(91)58(84-74(101)102)43-106(104)75(9,10)11/h19-27,30-35,45-50,54-61,84,104-105H,28-29,36-44H2,1-18H3,(H,77,91)(H,78,90)(H,79,94)(H,80,93)(H,81,95)(H,82,92)(H,83,89)(H,101,102)/t47-,48-,49-,50-,54-,55-,56-,57-,58-,59-,60-,61?/m0/s1. The van der Waals surface area contributed by atoms with Crippen molar-refractivity contribution in [3.8, 4) is 0 Å². The van der Waals surface area contributed by atoms with E-state index in [-0.39, 0.29) is 86.0 Å². The number of thiol groups is 2. The van der Waals surface area contributed by atoms with Crippen LogP contribution in [0.5, 0.6) is 0 Å². The summed E-state index contributed by atoms with van der Waals surface area (Å²) < 4.78 is 5.22.